The molecule has 0 saturated carbocycles. The highest BCUT2D eigenvalue weighted by Crippen LogP contribution is 2.13. The smallest absolute Gasteiger partial charge is 0.215 e. The monoisotopic (exact) mass is 370 g/mol. The van der Waals surface area contributed by atoms with Crippen molar-refractivity contribution in [3.8, 4) is 5.75 Å². The predicted octanol–water partition coefficient (Wildman–Crippen LogP) is 1.42. The van der Waals surface area contributed by atoms with E-state index in [1.807, 2.05) is 45.0 Å². The number of hydrogen-bond acceptors (Lipinski definition) is 4. The van der Waals surface area contributed by atoms with Gasteiger partial charge in [-0.15, -0.1) is 0 Å². The molecule has 7 nitrogen and oxygen atoms in total. The van der Waals surface area contributed by atoms with Crippen LogP contribution in [0.25, 0.3) is 0 Å². The second-order valence-electron chi connectivity index (χ2n) is 5.37. The van der Waals surface area contributed by atoms with Crippen LogP contribution in [-0.4, -0.2) is 57.7 Å². The van der Waals surface area contributed by atoms with Crippen LogP contribution in [0.5, 0.6) is 5.75 Å². The number of rotatable bonds is 10. The fraction of sp³-hybridized carbons (Fsp3) is 0.588. The van der Waals surface area contributed by atoms with E-state index in [0.29, 0.717) is 38.7 Å². The summed E-state index contributed by atoms with van der Waals surface area (Å²) in [4.78, 5) is 4.49. The number of hydrogen-bond donors (Lipinski definition) is 2. The van der Waals surface area contributed by atoms with Gasteiger partial charge in [0.1, 0.15) is 5.75 Å². The molecule has 25 heavy (non-hydrogen) atoms. The maximum absolute atomic E-state index is 12.2. The Morgan fingerprint density at radius 1 is 1.20 bits per heavy atom. The van der Waals surface area contributed by atoms with Crippen LogP contribution in [0.3, 0.4) is 0 Å². The second-order valence-corrected chi connectivity index (χ2v) is 7.46. The Morgan fingerprint density at radius 2 is 1.92 bits per heavy atom. The largest absolute Gasteiger partial charge is 0.497 e. The average molecular weight is 371 g/mol. The van der Waals surface area contributed by atoms with Crippen LogP contribution in [0.15, 0.2) is 29.3 Å². The van der Waals surface area contributed by atoms with Crippen molar-refractivity contribution >= 4 is 16.0 Å². The van der Waals surface area contributed by atoms with Gasteiger partial charge in [-0.05, 0) is 24.6 Å². The summed E-state index contributed by atoms with van der Waals surface area (Å²) in [6, 6.07) is 7.70. The highest BCUT2D eigenvalue weighted by atomic mass is 32.2. The maximum Gasteiger partial charge on any atom is 0.215 e. The zero-order chi connectivity index (χ0) is 18.7. The van der Waals surface area contributed by atoms with Crippen molar-refractivity contribution in [2.75, 3.05) is 39.0 Å². The molecule has 0 spiro atoms. The molecule has 0 heterocycles. The van der Waals surface area contributed by atoms with Crippen molar-refractivity contribution in [3.05, 3.63) is 29.8 Å². The summed E-state index contributed by atoms with van der Waals surface area (Å²) in [5.74, 6) is 1.43. The third-order valence-corrected chi connectivity index (χ3v) is 5.67. The molecular formula is C17H30N4O3S. The molecule has 0 aliphatic carbocycles. The van der Waals surface area contributed by atoms with Crippen LogP contribution in [0.4, 0.5) is 0 Å². The minimum absolute atomic E-state index is 0.0399. The molecule has 0 atom stereocenters. The molecule has 142 valence electrons. The van der Waals surface area contributed by atoms with Crippen LogP contribution in [0, 0.1) is 0 Å². The van der Waals surface area contributed by atoms with Crippen molar-refractivity contribution in [2.24, 2.45) is 4.99 Å². The number of nitrogens with one attached hydrogen (secondary N) is 2. The van der Waals surface area contributed by atoms with Gasteiger partial charge in [-0.25, -0.2) is 17.7 Å². The Kier molecular flexibility index (Phi) is 9.30. The molecule has 8 heteroatoms. The Hall–Kier alpha value is -1.80. The number of benzene rings is 1. The molecule has 1 aromatic carbocycles. The molecule has 0 unspecified atom stereocenters. The van der Waals surface area contributed by atoms with Crippen molar-refractivity contribution in [2.45, 2.75) is 27.3 Å². The van der Waals surface area contributed by atoms with Gasteiger partial charge in [0.2, 0.25) is 10.0 Å². The summed E-state index contributed by atoms with van der Waals surface area (Å²) in [7, 11) is -1.61. The fourth-order valence-corrected chi connectivity index (χ4v) is 3.73. The molecule has 0 amide bonds. The first-order valence-corrected chi connectivity index (χ1v) is 10.2. The second kappa shape index (κ2) is 10.9. The lowest BCUT2D eigenvalue weighted by molar-refractivity contribution is 0.414. The Balaban J connectivity index is 2.64. The van der Waals surface area contributed by atoms with E-state index in [-0.39, 0.29) is 5.75 Å². The molecule has 2 N–H and O–H groups in total. The quantitative estimate of drug-likeness (QED) is 0.481. The molecular weight excluding hydrogens is 340 g/mol. The number of sulfonamides is 1. The lowest BCUT2D eigenvalue weighted by Crippen LogP contribution is -2.42. The van der Waals surface area contributed by atoms with Crippen molar-refractivity contribution in [3.63, 3.8) is 0 Å². The molecule has 0 aliphatic rings. The first kappa shape index (κ1) is 21.2. The van der Waals surface area contributed by atoms with Crippen molar-refractivity contribution in [1.29, 1.82) is 0 Å². The van der Waals surface area contributed by atoms with Gasteiger partial charge < -0.3 is 15.4 Å². The van der Waals surface area contributed by atoms with E-state index >= 15 is 0 Å². The molecule has 0 aromatic heterocycles. The van der Waals surface area contributed by atoms with Gasteiger partial charge in [-0.1, -0.05) is 26.0 Å². The zero-order valence-corrected chi connectivity index (χ0v) is 16.4. The first-order valence-electron chi connectivity index (χ1n) is 8.59. The van der Waals surface area contributed by atoms with Gasteiger partial charge in [0.15, 0.2) is 5.96 Å². The Labute approximate surface area is 151 Å². The third-order valence-electron chi connectivity index (χ3n) is 3.65. The van der Waals surface area contributed by atoms with Gasteiger partial charge in [-0.3, -0.25) is 0 Å². The van der Waals surface area contributed by atoms with Gasteiger partial charge in [0.05, 0.1) is 19.4 Å². The molecule has 0 saturated heterocycles. The van der Waals surface area contributed by atoms with E-state index in [4.69, 9.17) is 4.74 Å². The summed E-state index contributed by atoms with van der Waals surface area (Å²) in [5.41, 5.74) is 1.02. The van der Waals surface area contributed by atoms with E-state index in [0.717, 1.165) is 11.3 Å². The summed E-state index contributed by atoms with van der Waals surface area (Å²) in [6.45, 7) is 8.12. The summed E-state index contributed by atoms with van der Waals surface area (Å²) in [5, 5.41) is 6.20. The topological polar surface area (TPSA) is 83.0 Å². The van der Waals surface area contributed by atoms with Crippen LogP contribution in [0.1, 0.15) is 26.3 Å². The van der Waals surface area contributed by atoms with Crippen LogP contribution < -0.4 is 15.4 Å². The third kappa shape index (κ3) is 7.31. The molecule has 0 radical (unpaired) electrons. The van der Waals surface area contributed by atoms with E-state index < -0.39 is 10.0 Å². The van der Waals surface area contributed by atoms with E-state index in [2.05, 4.69) is 15.6 Å². The highest BCUT2D eigenvalue weighted by Gasteiger charge is 2.18. The van der Waals surface area contributed by atoms with Crippen molar-refractivity contribution < 1.29 is 13.2 Å². The minimum atomic E-state index is -3.24. The SMILES string of the molecule is CCNC(=NCc1cccc(OC)c1)NCCS(=O)(=O)N(CC)CC. The number of nitrogens with zero attached hydrogens (tertiary/aromatic N) is 2. The average Bonchev–Trinajstić information content (AvgIpc) is 2.60. The van der Waals surface area contributed by atoms with Gasteiger partial charge >= 0.3 is 0 Å². The van der Waals surface area contributed by atoms with Gasteiger partial charge in [0, 0.05) is 26.2 Å². The van der Waals surface area contributed by atoms with E-state index in [1.165, 1.54) is 4.31 Å². The van der Waals surface area contributed by atoms with E-state index in [9.17, 15) is 8.42 Å². The summed E-state index contributed by atoms with van der Waals surface area (Å²) >= 11 is 0. The molecule has 1 aromatic rings. The normalized spacial score (nSPS) is 12.3. The Bertz CT molecular complexity index is 643. The van der Waals surface area contributed by atoms with E-state index in [1.54, 1.807) is 7.11 Å². The first-order chi connectivity index (χ1) is 12.0. The summed E-state index contributed by atoms with van der Waals surface area (Å²) in [6.07, 6.45) is 0. The predicted molar refractivity (Wildman–Crippen MR) is 103 cm³/mol. The number of aliphatic imine (C=N–C) groups is 1. The van der Waals surface area contributed by atoms with Crippen LogP contribution in [0.2, 0.25) is 0 Å². The minimum Gasteiger partial charge on any atom is -0.497 e. The highest BCUT2D eigenvalue weighted by molar-refractivity contribution is 7.89. The molecule has 1 rings (SSSR count). The van der Waals surface area contributed by atoms with Crippen molar-refractivity contribution in [1.82, 2.24) is 14.9 Å². The summed E-state index contributed by atoms with van der Waals surface area (Å²) < 4.78 is 31.1. The maximum atomic E-state index is 12.2. The van der Waals surface area contributed by atoms with Gasteiger partial charge in [-0.2, -0.15) is 0 Å². The van der Waals surface area contributed by atoms with Crippen LogP contribution in [-0.2, 0) is 16.6 Å². The number of guanidine groups is 1. The fourth-order valence-electron chi connectivity index (χ4n) is 2.33. The lowest BCUT2D eigenvalue weighted by Gasteiger charge is -2.19. The number of methoxy groups -OCH3 is 1. The molecule has 0 bridgehead atoms. The standard InChI is InChI=1S/C17H30N4O3S/c1-5-18-17(19-11-12-25(22,23)21(6-2)7-3)20-14-15-9-8-10-16(13-15)24-4/h8-10,13H,5-7,11-12,14H2,1-4H3,(H2,18,19,20). The van der Waals surface area contributed by atoms with Crippen LogP contribution >= 0.6 is 0 Å². The zero-order valence-electron chi connectivity index (χ0n) is 15.6. The molecule has 0 fully saturated rings. The lowest BCUT2D eigenvalue weighted by atomic mass is 10.2. The molecule has 0 aliphatic heterocycles. The number of ether oxygens (including phenoxy) is 1. The van der Waals surface area contributed by atoms with Gasteiger partial charge in [0.25, 0.3) is 0 Å². The Morgan fingerprint density at radius 3 is 2.52 bits per heavy atom.